The van der Waals surface area contributed by atoms with Gasteiger partial charge >= 0.3 is 0 Å². The van der Waals surface area contributed by atoms with E-state index in [-0.39, 0.29) is 11.9 Å². The lowest BCUT2D eigenvalue weighted by molar-refractivity contribution is -0.122. The summed E-state index contributed by atoms with van der Waals surface area (Å²) in [5.41, 5.74) is 3.19. The fourth-order valence-corrected chi connectivity index (χ4v) is 3.72. The first-order chi connectivity index (χ1) is 13.3. The highest BCUT2D eigenvalue weighted by Crippen LogP contribution is 2.14. The van der Waals surface area contributed by atoms with E-state index in [1.165, 1.54) is 5.56 Å². The molecule has 1 amide bonds. The molecule has 27 heavy (non-hydrogen) atoms. The molecule has 0 radical (unpaired) electrons. The first-order valence-corrected chi connectivity index (χ1v) is 9.60. The van der Waals surface area contributed by atoms with Crippen molar-refractivity contribution in [2.45, 2.75) is 38.3 Å². The Morgan fingerprint density at radius 2 is 2.19 bits per heavy atom. The van der Waals surface area contributed by atoms with E-state index in [2.05, 4.69) is 31.2 Å². The van der Waals surface area contributed by atoms with Crippen LogP contribution in [-0.4, -0.2) is 44.9 Å². The van der Waals surface area contributed by atoms with E-state index in [4.69, 9.17) is 0 Å². The maximum atomic E-state index is 12.4. The molecule has 3 aromatic rings. The lowest BCUT2D eigenvalue weighted by Gasteiger charge is -2.33. The average Bonchev–Trinajstić information content (AvgIpc) is 3.11. The minimum Gasteiger partial charge on any atom is -0.352 e. The minimum atomic E-state index is 0.101. The van der Waals surface area contributed by atoms with Gasteiger partial charge in [0.2, 0.25) is 5.91 Å². The van der Waals surface area contributed by atoms with Crippen molar-refractivity contribution in [2.24, 2.45) is 0 Å². The zero-order valence-corrected chi connectivity index (χ0v) is 15.4. The molecular weight excluding hydrogens is 338 g/mol. The topological polar surface area (TPSA) is 73.9 Å². The number of aryl methyl sites for hydroxylation is 1. The molecule has 1 aliphatic heterocycles. The van der Waals surface area contributed by atoms with Gasteiger partial charge in [-0.05, 0) is 43.1 Å². The predicted molar refractivity (Wildman–Crippen MR) is 105 cm³/mol. The van der Waals surface area contributed by atoms with Crippen LogP contribution in [0.25, 0.3) is 11.0 Å². The second-order valence-corrected chi connectivity index (χ2v) is 7.20. The van der Waals surface area contributed by atoms with Gasteiger partial charge in [-0.2, -0.15) is 0 Å². The minimum absolute atomic E-state index is 0.101. The van der Waals surface area contributed by atoms with Crippen molar-refractivity contribution in [1.82, 2.24) is 25.2 Å². The summed E-state index contributed by atoms with van der Waals surface area (Å²) in [6, 6.07) is 12.2. The number of pyridine rings is 1. The third-order valence-electron chi connectivity index (χ3n) is 5.03. The Bertz CT molecular complexity index is 859. The number of fused-ring (bicyclic) bond motifs is 1. The third-order valence-corrected chi connectivity index (χ3v) is 5.03. The molecule has 1 atom stereocenters. The number of amides is 1. The molecular formula is C21H25N5O. The van der Waals surface area contributed by atoms with Crippen LogP contribution in [0.5, 0.6) is 0 Å². The molecule has 0 saturated carbocycles. The van der Waals surface area contributed by atoms with Gasteiger partial charge in [0.1, 0.15) is 5.82 Å². The van der Waals surface area contributed by atoms with E-state index in [1.807, 2.05) is 36.5 Å². The van der Waals surface area contributed by atoms with Crippen LogP contribution in [0.4, 0.5) is 0 Å². The zero-order chi connectivity index (χ0) is 18.5. The van der Waals surface area contributed by atoms with Gasteiger partial charge in [0.05, 0.1) is 11.0 Å². The second-order valence-electron chi connectivity index (χ2n) is 7.20. The van der Waals surface area contributed by atoms with Gasteiger partial charge in [-0.25, -0.2) is 4.98 Å². The van der Waals surface area contributed by atoms with Gasteiger partial charge in [0.25, 0.3) is 0 Å². The van der Waals surface area contributed by atoms with Crippen molar-refractivity contribution >= 4 is 16.9 Å². The lowest BCUT2D eigenvalue weighted by Crippen LogP contribution is -2.47. The van der Waals surface area contributed by atoms with Gasteiger partial charge < -0.3 is 10.3 Å². The maximum Gasteiger partial charge on any atom is 0.220 e. The maximum absolute atomic E-state index is 12.4. The highest BCUT2D eigenvalue weighted by Gasteiger charge is 2.21. The van der Waals surface area contributed by atoms with Crippen LogP contribution in [-0.2, 0) is 17.8 Å². The number of piperidine rings is 1. The lowest BCUT2D eigenvalue weighted by atomic mass is 10.0. The summed E-state index contributed by atoms with van der Waals surface area (Å²) in [7, 11) is 0. The Morgan fingerprint density at radius 3 is 3.04 bits per heavy atom. The van der Waals surface area contributed by atoms with Crippen LogP contribution in [0, 0.1) is 0 Å². The number of nitrogens with one attached hydrogen (secondary N) is 2. The summed E-state index contributed by atoms with van der Waals surface area (Å²) in [4.78, 5) is 26.8. The van der Waals surface area contributed by atoms with Gasteiger partial charge in [0.15, 0.2) is 0 Å². The number of aromatic nitrogens is 3. The summed E-state index contributed by atoms with van der Waals surface area (Å²) in [5.74, 6) is 0.969. The molecule has 3 heterocycles. The summed E-state index contributed by atoms with van der Waals surface area (Å²) in [5, 5.41) is 3.20. The van der Waals surface area contributed by atoms with Crippen LogP contribution in [0.2, 0.25) is 0 Å². The number of rotatable bonds is 6. The van der Waals surface area contributed by atoms with Crippen molar-refractivity contribution in [2.75, 3.05) is 13.1 Å². The van der Waals surface area contributed by atoms with Crippen LogP contribution in [0.1, 0.15) is 30.7 Å². The van der Waals surface area contributed by atoms with Crippen molar-refractivity contribution in [1.29, 1.82) is 0 Å². The number of H-pyrrole nitrogens is 1. The molecule has 4 rings (SSSR count). The number of likely N-dealkylation sites (tertiary alicyclic amines) is 1. The van der Waals surface area contributed by atoms with Crippen molar-refractivity contribution in [3.63, 3.8) is 0 Å². The number of para-hydroxylation sites is 2. The highest BCUT2D eigenvalue weighted by atomic mass is 16.1. The largest absolute Gasteiger partial charge is 0.352 e. The number of carbonyl (C=O) groups is 1. The van der Waals surface area contributed by atoms with E-state index >= 15 is 0 Å². The molecule has 0 unspecified atom stereocenters. The van der Waals surface area contributed by atoms with Crippen molar-refractivity contribution in [3.8, 4) is 0 Å². The monoisotopic (exact) mass is 363 g/mol. The number of hydrogen-bond donors (Lipinski definition) is 2. The van der Waals surface area contributed by atoms with Gasteiger partial charge in [0, 0.05) is 44.4 Å². The quantitative estimate of drug-likeness (QED) is 0.706. The molecule has 1 saturated heterocycles. The number of hydrogen-bond acceptors (Lipinski definition) is 4. The van der Waals surface area contributed by atoms with Gasteiger partial charge in [-0.1, -0.05) is 18.2 Å². The molecule has 0 aliphatic carbocycles. The van der Waals surface area contributed by atoms with Gasteiger partial charge in [-0.3, -0.25) is 14.7 Å². The third kappa shape index (κ3) is 4.71. The smallest absolute Gasteiger partial charge is 0.220 e. The Balaban J connectivity index is 1.26. The molecule has 6 heteroatoms. The van der Waals surface area contributed by atoms with E-state index < -0.39 is 0 Å². The molecule has 0 bridgehead atoms. The number of nitrogens with zero attached hydrogens (tertiary/aromatic N) is 3. The van der Waals surface area contributed by atoms with E-state index in [0.717, 1.165) is 49.3 Å². The summed E-state index contributed by atoms with van der Waals surface area (Å²) < 4.78 is 0. The van der Waals surface area contributed by atoms with Crippen molar-refractivity contribution in [3.05, 3.63) is 60.2 Å². The second kappa shape index (κ2) is 8.31. The molecule has 0 spiro atoms. The number of benzene rings is 1. The van der Waals surface area contributed by atoms with Crippen molar-refractivity contribution < 1.29 is 4.79 Å². The normalized spacial score (nSPS) is 17.9. The Morgan fingerprint density at radius 1 is 1.26 bits per heavy atom. The predicted octanol–water partition coefficient (Wildman–Crippen LogP) is 2.67. The number of aromatic amines is 1. The van der Waals surface area contributed by atoms with Crippen LogP contribution < -0.4 is 5.32 Å². The fourth-order valence-electron chi connectivity index (χ4n) is 3.72. The highest BCUT2D eigenvalue weighted by molar-refractivity contribution is 5.77. The van der Waals surface area contributed by atoms with Crippen LogP contribution in [0.3, 0.4) is 0 Å². The first-order valence-electron chi connectivity index (χ1n) is 9.60. The summed E-state index contributed by atoms with van der Waals surface area (Å²) >= 11 is 0. The molecule has 2 N–H and O–H groups in total. The molecule has 1 aliphatic rings. The van der Waals surface area contributed by atoms with E-state index in [9.17, 15) is 4.79 Å². The van der Waals surface area contributed by atoms with E-state index in [0.29, 0.717) is 12.8 Å². The Hall–Kier alpha value is -2.73. The van der Waals surface area contributed by atoms with E-state index in [1.54, 1.807) is 6.20 Å². The molecule has 1 aromatic carbocycles. The molecule has 2 aromatic heterocycles. The number of carbonyl (C=O) groups excluding carboxylic acids is 1. The molecule has 1 fully saturated rings. The molecule has 6 nitrogen and oxygen atoms in total. The SMILES string of the molecule is O=C(CCc1nc2ccccc2[nH]1)N[C@H]1CCCN(Cc2cccnc2)C1. The fraction of sp³-hybridized carbons (Fsp3) is 0.381. The zero-order valence-electron chi connectivity index (χ0n) is 15.4. The summed E-state index contributed by atoms with van der Waals surface area (Å²) in [6.07, 6.45) is 6.94. The standard InChI is InChI=1S/C21H25N5O/c27-21(10-9-20-24-18-7-1-2-8-19(18)25-20)23-17-6-4-12-26(15-17)14-16-5-3-11-22-13-16/h1-3,5,7-8,11,13,17H,4,6,9-10,12,14-15H2,(H,23,27)(H,24,25)/t17-/m0/s1. The number of imidazole rings is 1. The Labute approximate surface area is 159 Å². The molecule has 140 valence electrons. The first kappa shape index (κ1) is 17.7. The summed E-state index contributed by atoms with van der Waals surface area (Å²) in [6.45, 7) is 2.85. The Kier molecular flexibility index (Phi) is 5.44. The van der Waals surface area contributed by atoms with Crippen LogP contribution in [0.15, 0.2) is 48.8 Å². The van der Waals surface area contributed by atoms with Crippen LogP contribution >= 0.6 is 0 Å². The van der Waals surface area contributed by atoms with Gasteiger partial charge in [-0.15, -0.1) is 0 Å². The average molecular weight is 363 g/mol.